The Labute approximate surface area is 71.5 Å². The van der Waals surface area contributed by atoms with Crippen molar-refractivity contribution in [2.75, 3.05) is 34.2 Å². The molecule has 0 saturated carbocycles. The van der Waals surface area contributed by atoms with Crippen LogP contribution in [0.1, 0.15) is 6.42 Å². The van der Waals surface area contributed by atoms with E-state index in [1.165, 1.54) is 19.5 Å². The second-order valence-electron chi connectivity index (χ2n) is 3.65. The lowest BCUT2D eigenvalue weighted by Gasteiger charge is -2.43. The van der Waals surface area contributed by atoms with Crippen LogP contribution in [0.5, 0.6) is 0 Å². The average Bonchev–Trinajstić information content (AvgIpc) is 1.83. The van der Waals surface area contributed by atoms with Crippen molar-refractivity contribution in [3.8, 4) is 0 Å². The van der Waals surface area contributed by atoms with Crippen molar-refractivity contribution >= 4 is 15.9 Å². The molecule has 1 unspecified atom stereocenters. The molecule has 10 heavy (non-hydrogen) atoms. The van der Waals surface area contributed by atoms with Crippen molar-refractivity contribution in [3.63, 3.8) is 0 Å². The molecule has 0 spiro atoms. The molecule has 1 rings (SSSR count). The van der Waals surface area contributed by atoms with Crippen LogP contribution in [0.3, 0.4) is 0 Å². The zero-order valence-electron chi connectivity index (χ0n) is 6.97. The molecule has 2 nitrogen and oxygen atoms in total. The van der Waals surface area contributed by atoms with Crippen LogP contribution in [0.2, 0.25) is 0 Å². The van der Waals surface area contributed by atoms with Gasteiger partial charge in [-0.05, 0) is 23.0 Å². The summed E-state index contributed by atoms with van der Waals surface area (Å²) in [7, 11) is 6.68. The summed E-state index contributed by atoms with van der Waals surface area (Å²) in [5.74, 6) is 0. The lowest BCUT2D eigenvalue weighted by molar-refractivity contribution is -0.914. The summed E-state index contributed by atoms with van der Waals surface area (Å²) in [6.45, 7) is 2.50. The lowest BCUT2D eigenvalue weighted by Crippen LogP contribution is -2.57. The number of rotatable bonds is 0. The van der Waals surface area contributed by atoms with Crippen LogP contribution in [0.15, 0.2) is 0 Å². The Morgan fingerprint density at radius 2 is 2.10 bits per heavy atom. The summed E-state index contributed by atoms with van der Waals surface area (Å²) in [4.78, 5) is 2.35. The molecule has 1 saturated heterocycles. The van der Waals surface area contributed by atoms with E-state index in [0.29, 0.717) is 5.08 Å². The van der Waals surface area contributed by atoms with Gasteiger partial charge >= 0.3 is 0 Å². The molecule has 1 heterocycles. The van der Waals surface area contributed by atoms with Gasteiger partial charge in [-0.25, -0.2) is 4.90 Å². The summed E-state index contributed by atoms with van der Waals surface area (Å²) in [6.07, 6.45) is 1.31. The van der Waals surface area contributed by atoms with Gasteiger partial charge < -0.3 is 4.48 Å². The van der Waals surface area contributed by atoms with Gasteiger partial charge in [0.05, 0.1) is 20.6 Å². The lowest BCUT2D eigenvalue weighted by atomic mass is 10.3. The molecule has 0 N–H and O–H groups in total. The van der Waals surface area contributed by atoms with Gasteiger partial charge in [-0.1, -0.05) is 0 Å². The zero-order valence-corrected chi connectivity index (χ0v) is 8.56. The van der Waals surface area contributed by atoms with Crippen LogP contribution in [-0.2, 0) is 0 Å². The van der Waals surface area contributed by atoms with Crippen molar-refractivity contribution in [2.45, 2.75) is 11.5 Å². The molecule has 0 aliphatic carbocycles. The van der Waals surface area contributed by atoms with E-state index in [2.05, 4.69) is 42.0 Å². The van der Waals surface area contributed by atoms with Crippen LogP contribution < -0.4 is 0 Å². The van der Waals surface area contributed by atoms with E-state index in [1.807, 2.05) is 0 Å². The highest BCUT2D eigenvalue weighted by atomic mass is 79.9. The molecule has 1 fully saturated rings. The Bertz CT molecular complexity index is 125. The van der Waals surface area contributed by atoms with Crippen LogP contribution in [-0.4, -0.2) is 48.7 Å². The van der Waals surface area contributed by atoms with E-state index >= 15 is 0 Å². The highest BCUT2D eigenvalue weighted by Crippen LogP contribution is 2.21. The van der Waals surface area contributed by atoms with Crippen molar-refractivity contribution in [2.24, 2.45) is 0 Å². The van der Waals surface area contributed by atoms with E-state index in [9.17, 15) is 0 Å². The van der Waals surface area contributed by atoms with E-state index in [0.717, 1.165) is 4.48 Å². The summed E-state index contributed by atoms with van der Waals surface area (Å²) in [5, 5.41) is 0.501. The number of halogens is 1. The molecule has 0 radical (unpaired) electrons. The van der Waals surface area contributed by atoms with E-state index < -0.39 is 0 Å². The highest BCUT2D eigenvalue weighted by Gasteiger charge is 2.32. The maximum atomic E-state index is 3.67. The van der Waals surface area contributed by atoms with E-state index in [4.69, 9.17) is 0 Å². The van der Waals surface area contributed by atoms with Crippen molar-refractivity contribution in [1.82, 2.24) is 4.90 Å². The first-order valence-electron chi connectivity index (χ1n) is 3.71. The third-order valence-corrected chi connectivity index (χ3v) is 3.99. The summed E-state index contributed by atoms with van der Waals surface area (Å²) in [6, 6.07) is 0. The molecule has 0 aromatic rings. The highest BCUT2D eigenvalue weighted by molar-refractivity contribution is 9.09. The smallest absolute Gasteiger partial charge is 0.200 e. The molecule has 60 valence electrons. The van der Waals surface area contributed by atoms with Gasteiger partial charge in [0, 0.05) is 13.0 Å². The minimum Gasteiger partial charge on any atom is -0.304 e. The number of nitrogens with zero attached hydrogens (tertiary/aromatic N) is 2. The number of quaternary nitrogens is 1. The normalized spacial score (nSPS) is 34.2. The van der Waals surface area contributed by atoms with Crippen LogP contribution >= 0.6 is 15.9 Å². The Morgan fingerprint density at radius 1 is 1.50 bits per heavy atom. The Morgan fingerprint density at radius 3 is 2.50 bits per heavy atom. The van der Waals surface area contributed by atoms with Crippen molar-refractivity contribution in [3.05, 3.63) is 0 Å². The summed E-state index contributed by atoms with van der Waals surface area (Å²) in [5.41, 5.74) is 0. The predicted molar refractivity (Wildman–Crippen MR) is 46.9 cm³/mol. The summed E-state index contributed by atoms with van der Waals surface area (Å²) < 4.78 is 1.07. The topological polar surface area (TPSA) is 3.24 Å². The van der Waals surface area contributed by atoms with Gasteiger partial charge in [0.2, 0.25) is 5.08 Å². The average molecular weight is 208 g/mol. The minimum absolute atomic E-state index is 0.501. The van der Waals surface area contributed by atoms with Crippen molar-refractivity contribution in [1.29, 1.82) is 0 Å². The maximum Gasteiger partial charge on any atom is 0.200 e. The van der Waals surface area contributed by atoms with Crippen LogP contribution in [0, 0.1) is 0 Å². The monoisotopic (exact) mass is 207 g/mol. The van der Waals surface area contributed by atoms with Gasteiger partial charge in [0.15, 0.2) is 0 Å². The Hall–Kier alpha value is 0.400. The van der Waals surface area contributed by atoms with Crippen LogP contribution in [0.4, 0.5) is 0 Å². The number of hydrogen-bond donors (Lipinski definition) is 0. The first-order chi connectivity index (χ1) is 4.54. The van der Waals surface area contributed by atoms with Gasteiger partial charge in [-0.2, -0.15) is 0 Å². The molecule has 0 amide bonds. The molecular weight excluding hydrogens is 192 g/mol. The van der Waals surface area contributed by atoms with Gasteiger partial charge in [0.1, 0.15) is 0 Å². The molecule has 1 aliphatic rings. The Balaban J connectivity index is 2.60. The quantitative estimate of drug-likeness (QED) is 0.327. The molecular formula is C7H16BrN2+. The Kier molecular flexibility index (Phi) is 2.38. The third-order valence-electron chi connectivity index (χ3n) is 2.19. The van der Waals surface area contributed by atoms with Crippen molar-refractivity contribution < 1.29 is 4.48 Å². The third kappa shape index (κ3) is 1.52. The fraction of sp³-hybridized carbons (Fsp3) is 1.00. The zero-order chi connectivity index (χ0) is 7.78. The molecule has 0 aromatic heterocycles. The maximum absolute atomic E-state index is 3.67. The number of hydrogen-bond acceptors (Lipinski definition) is 1. The number of alkyl halides is 1. The second kappa shape index (κ2) is 2.80. The summed E-state index contributed by atoms with van der Waals surface area (Å²) >= 11 is 3.67. The molecule has 1 atom stereocenters. The molecule has 1 aliphatic heterocycles. The fourth-order valence-corrected chi connectivity index (χ4v) is 1.88. The molecule has 3 heteroatoms. The standard InChI is InChI=1S/C7H16BrN2/c1-9-5-4-6-10(2,3)7(9)8/h7H,4-6H2,1-3H3/q+1. The van der Waals surface area contributed by atoms with E-state index in [1.54, 1.807) is 0 Å². The molecule has 0 aromatic carbocycles. The first kappa shape index (κ1) is 8.50. The van der Waals surface area contributed by atoms with Gasteiger partial charge in [0.25, 0.3) is 0 Å². The van der Waals surface area contributed by atoms with Gasteiger partial charge in [-0.15, -0.1) is 0 Å². The van der Waals surface area contributed by atoms with E-state index in [-0.39, 0.29) is 0 Å². The minimum atomic E-state index is 0.501. The predicted octanol–water partition coefficient (Wildman–Crippen LogP) is 1.08. The largest absolute Gasteiger partial charge is 0.304 e. The molecule has 0 bridgehead atoms. The second-order valence-corrected chi connectivity index (χ2v) is 4.47. The SMILES string of the molecule is CN1CCC[N+](C)(C)C1Br. The fourth-order valence-electron chi connectivity index (χ4n) is 1.47. The van der Waals surface area contributed by atoms with Gasteiger partial charge in [-0.3, -0.25) is 0 Å². The first-order valence-corrected chi connectivity index (χ1v) is 4.62. The van der Waals surface area contributed by atoms with Crippen LogP contribution in [0.25, 0.3) is 0 Å².